The summed E-state index contributed by atoms with van der Waals surface area (Å²) in [4.78, 5) is 24.1. The lowest BCUT2D eigenvalue weighted by Gasteiger charge is -2.34. The van der Waals surface area contributed by atoms with Gasteiger partial charge in [0.1, 0.15) is 6.33 Å². The summed E-state index contributed by atoms with van der Waals surface area (Å²) in [6.07, 6.45) is 1.39. The third kappa shape index (κ3) is 3.60. The first-order valence-corrected chi connectivity index (χ1v) is 8.81. The smallest absolute Gasteiger partial charge is 0.348 e. The van der Waals surface area contributed by atoms with E-state index in [1.165, 1.54) is 6.33 Å². The van der Waals surface area contributed by atoms with Crippen LogP contribution in [-0.4, -0.2) is 52.5 Å². The number of nitrogens with one attached hydrogen (secondary N) is 1. The molecule has 1 aromatic heterocycles. The molecule has 0 saturated carbocycles. The second-order valence-electron chi connectivity index (χ2n) is 6.45. The van der Waals surface area contributed by atoms with Crippen molar-refractivity contribution in [1.82, 2.24) is 14.9 Å². The van der Waals surface area contributed by atoms with E-state index in [0.29, 0.717) is 18.9 Å². The molecule has 0 spiro atoms. The molecule has 3 rings (SSSR count). The van der Waals surface area contributed by atoms with Crippen LogP contribution in [0.25, 0.3) is 0 Å². The van der Waals surface area contributed by atoms with E-state index in [4.69, 9.17) is 0 Å². The zero-order valence-electron chi connectivity index (χ0n) is 15.4. The van der Waals surface area contributed by atoms with Crippen LogP contribution in [0.3, 0.4) is 0 Å². The molecule has 1 aromatic carbocycles. The summed E-state index contributed by atoms with van der Waals surface area (Å²) in [5.74, 6) is 0.611. The van der Waals surface area contributed by atoms with E-state index in [1.807, 2.05) is 36.9 Å². The predicted octanol–water partition coefficient (Wildman–Crippen LogP) is 2.89. The van der Waals surface area contributed by atoms with Crippen molar-refractivity contribution in [2.24, 2.45) is 0 Å². The van der Waals surface area contributed by atoms with Gasteiger partial charge in [0.15, 0.2) is 0 Å². The van der Waals surface area contributed by atoms with Gasteiger partial charge in [0, 0.05) is 31.9 Å². The number of anilines is 3. The topological polar surface area (TPSA) is 87.4 Å². The van der Waals surface area contributed by atoms with Gasteiger partial charge in [0.25, 0.3) is 0 Å². The SMILES string of the molecule is CCN1CCN(c2ncnc(Nc3cccc(C)c3C)c2[N+](=O)[O-])CC1. The van der Waals surface area contributed by atoms with Crippen LogP contribution in [0.5, 0.6) is 0 Å². The van der Waals surface area contributed by atoms with Gasteiger partial charge in [-0.2, -0.15) is 0 Å². The molecule has 0 bridgehead atoms. The van der Waals surface area contributed by atoms with Crippen molar-refractivity contribution in [3.63, 3.8) is 0 Å². The number of nitrogens with zero attached hydrogens (tertiary/aromatic N) is 5. The molecule has 138 valence electrons. The molecule has 8 heteroatoms. The van der Waals surface area contributed by atoms with Gasteiger partial charge >= 0.3 is 5.69 Å². The molecule has 1 fully saturated rings. The van der Waals surface area contributed by atoms with Crippen molar-refractivity contribution < 1.29 is 4.92 Å². The van der Waals surface area contributed by atoms with Crippen LogP contribution < -0.4 is 10.2 Å². The minimum absolute atomic E-state index is 0.0710. The standard InChI is InChI=1S/C18H24N6O2/c1-4-22-8-10-23(11-9-22)18-16(24(25)26)17(19-12-20-18)21-15-7-5-6-13(2)14(15)3/h5-7,12H,4,8-11H2,1-3H3,(H,19,20,21). The van der Waals surface area contributed by atoms with Crippen LogP contribution in [0.4, 0.5) is 23.0 Å². The van der Waals surface area contributed by atoms with Crippen LogP contribution >= 0.6 is 0 Å². The number of nitro groups is 1. The van der Waals surface area contributed by atoms with E-state index in [0.717, 1.165) is 36.4 Å². The Bertz CT molecular complexity index is 802. The third-order valence-electron chi connectivity index (χ3n) is 4.96. The maximum absolute atomic E-state index is 11.8. The largest absolute Gasteiger partial charge is 0.353 e. The van der Waals surface area contributed by atoms with Crippen molar-refractivity contribution >= 4 is 23.0 Å². The summed E-state index contributed by atoms with van der Waals surface area (Å²) in [6, 6.07) is 5.82. The zero-order chi connectivity index (χ0) is 18.7. The Labute approximate surface area is 153 Å². The number of hydrogen-bond acceptors (Lipinski definition) is 7. The number of piperazine rings is 1. The van der Waals surface area contributed by atoms with Gasteiger partial charge in [0.05, 0.1) is 4.92 Å². The van der Waals surface area contributed by atoms with Gasteiger partial charge in [0.2, 0.25) is 11.6 Å². The van der Waals surface area contributed by atoms with Gasteiger partial charge in [-0.3, -0.25) is 10.1 Å². The van der Waals surface area contributed by atoms with Gasteiger partial charge in [-0.15, -0.1) is 0 Å². The van der Waals surface area contributed by atoms with Crippen molar-refractivity contribution in [3.05, 3.63) is 45.8 Å². The lowest BCUT2D eigenvalue weighted by Crippen LogP contribution is -2.46. The number of aromatic nitrogens is 2. The van der Waals surface area contributed by atoms with Crippen LogP contribution in [-0.2, 0) is 0 Å². The second-order valence-corrected chi connectivity index (χ2v) is 6.45. The molecule has 8 nitrogen and oxygen atoms in total. The van der Waals surface area contributed by atoms with Crippen LogP contribution in [0, 0.1) is 24.0 Å². The van der Waals surface area contributed by atoms with Crippen LogP contribution in [0.15, 0.2) is 24.5 Å². The van der Waals surface area contributed by atoms with Crippen molar-refractivity contribution in [1.29, 1.82) is 0 Å². The summed E-state index contributed by atoms with van der Waals surface area (Å²) in [5.41, 5.74) is 2.90. The van der Waals surface area contributed by atoms with Gasteiger partial charge in [-0.25, -0.2) is 9.97 Å². The van der Waals surface area contributed by atoms with E-state index < -0.39 is 4.92 Å². The number of aryl methyl sites for hydroxylation is 1. The molecule has 1 saturated heterocycles. The first-order chi connectivity index (χ1) is 12.5. The summed E-state index contributed by atoms with van der Waals surface area (Å²) in [6.45, 7) is 10.3. The van der Waals surface area contributed by atoms with Crippen molar-refractivity contribution in [3.8, 4) is 0 Å². The molecular formula is C18H24N6O2. The van der Waals surface area contributed by atoms with Crippen LogP contribution in [0.1, 0.15) is 18.1 Å². The minimum atomic E-state index is -0.394. The normalized spacial score (nSPS) is 15.1. The molecule has 26 heavy (non-hydrogen) atoms. The molecule has 0 atom stereocenters. The molecule has 0 amide bonds. The Morgan fingerprint density at radius 2 is 1.92 bits per heavy atom. The lowest BCUT2D eigenvalue weighted by molar-refractivity contribution is -0.383. The molecule has 0 radical (unpaired) electrons. The van der Waals surface area contributed by atoms with E-state index in [-0.39, 0.29) is 11.5 Å². The average molecular weight is 356 g/mol. The second kappa shape index (κ2) is 7.65. The number of rotatable bonds is 5. The van der Waals surface area contributed by atoms with Gasteiger partial charge in [-0.1, -0.05) is 19.1 Å². The maximum Gasteiger partial charge on any atom is 0.353 e. The fourth-order valence-corrected chi connectivity index (χ4v) is 3.15. The minimum Gasteiger partial charge on any atom is -0.348 e. The number of likely N-dealkylation sites (N-methyl/N-ethyl adjacent to an activating group) is 1. The summed E-state index contributed by atoms with van der Waals surface area (Å²) >= 11 is 0. The molecule has 2 aromatic rings. The van der Waals surface area contributed by atoms with Gasteiger partial charge in [-0.05, 0) is 37.6 Å². The Morgan fingerprint density at radius 1 is 1.19 bits per heavy atom. The predicted molar refractivity (Wildman–Crippen MR) is 102 cm³/mol. The lowest BCUT2D eigenvalue weighted by atomic mass is 10.1. The summed E-state index contributed by atoms with van der Waals surface area (Å²) in [7, 11) is 0. The third-order valence-corrected chi connectivity index (χ3v) is 4.96. The Balaban J connectivity index is 1.94. The highest BCUT2D eigenvalue weighted by Crippen LogP contribution is 2.34. The molecule has 1 N–H and O–H groups in total. The van der Waals surface area contributed by atoms with E-state index >= 15 is 0 Å². The molecule has 1 aliphatic heterocycles. The molecular weight excluding hydrogens is 332 g/mol. The van der Waals surface area contributed by atoms with Crippen molar-refractivity contribution in [2.75, 3.05) is 42.9 Å². The molecule has 0 aliphatic carbocycles. The highest BCUT2D eigenvalue weighted by molar-refractivity contribution is 5.75. The highest BCUT2D eigenvalue weighted by atomic mass is 16.6. The first-order valence-electron chi connectivity index (χ1n) is 8.81. The molecule has 0 unspecified atom stereocenters. The fraction of sp³-hybridized carbons (Fsp3) is 0.444. The molecule has 2 heterocycles. The zero-order valence-corrected chi connectivity index (χ0v) is 15.4. The van der Waals surface area contributed by atoms with E-state index in [9.17, 15) is 10.1 Å². The average Bonchev–Trinajstić information content (AvgIpc) is 2.65. The quantitative estimate of drug-likeness (QED) is 0.651. The monoisotopic (exact) mass is 356 g/mol. The van der Waals surface area contributed by atoms with Crippen molar-refractivity contribution in [2.45, 2.75) is 20.8 Å². The number of hydrogen-bond donors (Lipinski definition) is 1. The Kier molecular flexibility index (Phi) is 5.32. The van der Waals surface area contributed by atoms with E-state index in [2.05, 4.69) is 27.1 Å². The van der Waals surface area contributed by atoms with Crippen LogP contribution in [0.2, 0.25) is 0 Å². The van der Waals surface area contributed by atoms with E-state index in [1.54, 1.807) is 0 Å². The fourth-order valence-electron chi connectivity index (χ4n) is 3.15. The Morgan fingerprint density at radius 3 is 2.58 bits per heavy atom. The maximum atomic E-state index is 11.8. The highest BCUT2D eigenvalue weighted by Gasteiger charge is 2.29. The summed E-state index contributed by atoms with van der Waals surface area (Å²) < 4.78 is 0. The Hall–Kier alpha value is -2.74. The number of benzene rings is 1. The first kappa shape index (κ1) is 18.1. The summed E-state index contributed by atoms with van der Waals surface area (Å²) in [5, 5.41) is 14.9. The molecule has 1 aliphatic rings. The van der Waals surface area contributed by atoms with Gasteiger partial charge < -0.3 is 15.1 Å².